The summed E-state index contributed by atoms with van der Waals surface area (Å²) in [5.41, 5.74) is 5.49. The minimum absolute atomic E-state index is 0.329. The third kappa shape index (κ3) is 7.16. The van der Waals surface area contributed by atoms with Crippen molar-refractivity contribution in [2.24, 2.45) is 17.6 Å². The summed E-state index contributed by atoms with van der Waals surface area (Å²) >= 11 is 0. The van der Waals surface area contributed by atoms with Crippen LogP contribution in [0.25, 0.3) is 0 Å². The molecule has 1 unspecified atom stereocenters. The Morgan fingerprint density at radius 1 is 1.17 bits per heavy atom. The van der Waals surface area contributed by atoms with Gasteiger partial charge >= 0.3 is 12.3 Å². The van der Waals surface area contributed by atoms with Crippen LogP contribution in [0.1, 0.15) is 33.1 Å². The van der Waals surface area contributed by atoms with Crippen molar-refractivity contribution in [3.05, 3.63) is 0 Å². The Hall–Kier alpha value is -0.360. The normalized spacial score (nSPS) is 14.5. The molecule has 0 heterocycles. The van der Waals surface area contributed by atoms with E-state index in [9.17, 15) is 17.6 Å². The molecule has 6 heteroatoms. The summed E-state index contributed by atoms with van der Waals surface area (Å²) in [6.07, 6.45) is -1.12. The molecule has 0 saturated carbocycles. The molecular formula is C12H24F4N2. The minimum atomic E-state index is -3.94. The van der Waals surface area contributed by atoms with Crippen LogP contribution in [0.5, 0.6) is 0 Å². The average molecular weight is 272 g/mol. The Morgan fingerprint density at radius 3 is 2.22 bits per heavy atom. The summed E-state index contributed by atoms with van der Waals surface area (Å²) in [5.74, 6) is -2.97. The number of rotatable bonds is 10. The van der Waals surface area contributed by atoms with Gasteiger partial charge in [0.05, 0.1) is 6.54 Å². The number of halogens is 4. The van der Waals surface area contributed by atoms with Crippen molar-refractivity contribution in [2.45, 2.75) is 45.5 Å². The van der Waals surface area contributed by atoms with E-state index in [4.69, 9.17) is 5.73 Å². The van der Waals surface area contributed by atoms with Crippen molar-refractivity contribution in [3.63, 3.8) is 0 Å². The van der Waals surface area contributed by atoms with Crippen LogP contribution in [0.15, 0.2) is 0 Å². The van der Waals surface area contributed by atoms with Crippen LogP contribution in [0, 0.1) is 11.8 Å². The first-order valence-electron chi connectivity index (χ1n) is 6.38. The van der Waals surface area contributed by atoms with E-state index in [0.29, 0.717) is 31.3 Å². The zero-order valence-corrected chi connectivity index (χ0v) is 11.1. The molecule has 110 valence electrons. The first-order valence-corrected chi connectivity index (χ1v) is 6.38. The molecule has 3 N–H and O–H groups in total. The van der Waals surface area contributed by atoms with Crippen molar-refractivity contribution in [1.29, 1.82) is 0 Å². The van der Waals surface area contributed by atoms with Crippen molar-refractivity contribution in [1.82, 2.24) is 5.32 Å². The predicted octanol–water partition coefficient (Wildman–Crippen LogP) is 2.88. The third-order valence-electron chi connectivity index (χ3n) is 3.09. The van der Waals surface area contributed by atoms with Gasteiger partial charge in [0.15, 0.2) is 0 Å². The highest BCUT2D eigenvalue weighted by Crippen LogP contribution is 2.22. The Bertz CT molecular complexity index is 210. The van der Waals surface area contributed by atoms with E-state index in [1.807, 2.05) is 0 Å². The van der Waals surface area contributed by atoms with Crippen molar-refractivity contribution in [3.8, 4) is 0 Å². The maximum Gasteiger partial charge on any atom is 0.319 e. The van der Waals surface area contributed by atoms with E-state index >= 15 is 0 Å². The van der Waals surface area contributed by atoms with Gasteiger partial charge < -0.3 is 11.1 Å². The van der Waals surface area contributed by atoms with E-state index in [-0.39, 0.29) is 0 Å². The molecule has 0 aromatic carbocycles. The van der Waals surface area contributed by atoms with Crippen LogP contribution in [0.2, 0.25) is 0 Å². The quantitative estimate of drug-likeness (QED) is 0.474. The summed E-state index contributed by atoms with van der Waals surface area (Å²) in [6, 6.07) is 0. The van der Waals surface area contributed by atoms with Crippen LogP contribution in [-0.4, -0.2) is 32.0 Å². The SMILES string of the molecule is CC(C)C(CCN)CCCNCC(F)(F)C(F)F. The summed E-state index contributed by atoms with van der Waals surface area (Å²) in [4.78, 5) is 0. The van der Waals surface area contributed by atoms with Crippen LogP contribution < -0.4 is 11.1 Å². The fourth-order valence-corrected chi connectivity index (χ4v) is 1.85. The Balaban J connectivity index is 3.72. The van der Waals surface area contributed by atoms with Crippen molar-refractivity contribution in [2.75, 3.05) is 19.6 Å². The number of alkyl halides is 4. The lowest BCUT2D eigenvalue weighted by Crippen LogP contribution is -2.39. The molecule has 0 aromatic rings. The second-order valence-corrected chi connectivity index (χ2v) is 4.96. The van der Waals surface area contributed by atoms with Crippen molar-refractivity contribution < 1.29 is 17.6 Å². The molecule has 0 aliphatic rings. The largest absolute Gasteiger partial charge is 0.330 e. The Kier molecular flexibility index (Phi) is 8.52. The second kappa shape index (κ2) is 8.69. The van der Waals surface area contributed by atoms with Gasteiger partial charge in [-0.05, 0) is 44.2 Å². The molecule has 0 rings (SSSR count). The molecular weight excluding hydrogens is 248 g/mol. The van der Waals surface area contributed by atoms with Gasteiger partial charge in [-0.1, -0.05) is 13.8 Å². The van der Waals surface area contributed by atoms with E-state index in [1.54, 1.807) is 0 Å². The van der Waals surface area contributed by atoms with Gasteiger partial charge in [-0.3, -0.25) is 0 Å². The fourth-order valence-electron chi connectivity index (χ4n) is 1.85. The number of nitrogens with one attached hydrogen (secondary N) is 1. The number of nitrogens with two attached hydrogens (primary N) is 1. The molecule has 0 aliphatic heterocycles. The maximum absolute atomic E-state index is 12.6. The third-order valence-corrected chi connectivity index (χ3v) is 3.09. The Labute approximate surface area is 106 Å². The van der Waals surface area contributed by atoms with Crippen LogP contribution in [-0.2, 0) is 0 Å². The molecule has 0 aromatic heterocycles. The molecule has 0 amide bonds. The number of hydrogen-bond acceptors (Lipinski definition) is 2. The van der Waals surface area contributed by atoms with E-state index in [0.717, 1.165) is 12.8 Å². The van der Waals surface area contributed by atoms with Gasteiger partial charge in [0, 0.05) is 0 Å². The van der Waals surface area contributed by atoms with Gasteiger partial charge in [-0.2, -0.15) is 8.78 Å². The fraction of sp³-hybridized carbons (Fsp3) is 1.00. The zero-order chi connectivity index (χ0) is 14.2. The molecule has 18 heavy (non-hydrogen) atoms. The zero-order valence-electron chi connectivity index (χ0n) is 11.1. The van der Waals surface area contributed by atoms with E-state index < -0.39 is 18.9 Å². The number of hydrogen-bond donors (Lipinski definition) is 2. The van der Waals surface area contributed by atoms with Crippen LogP contribution >= 0.6 is 0 Å². The van der Waals surface area contributed by atoms with Gasteiger partial charge in [0.25, 0.3) is 0 Å². The highest BCUT2D eigenvalue weighted by molar-refractivity contribution is 4.72. The van der Waals surface area contributed by atoms with Crippen LogP contribution in [0.3, 0.4) is 0 Å². The van der Waals surface area contributed by atoms with Gasteiger partial charge in [0.1, 0.15) is 0 Å². The molecule has 0 saturated heterocycles. The summed E-state index contributed by atoms with van der Waals surface area (Å²) in [6.45, 7) is 4.17. The highest BCUT2D eigenvalue weighted by Gasteiger charge is 2.39. The lowest BCUT2D eigenvalue weighted by molar-refractivity contribution is -0.125. The average Bonchev–Trinajstić information content (AvgIpc) is 2.26. The summed E-state index contributed by atoms with van der Waals surface area (Å²) in [5, 5.41) is 2.38. The molecule has 0 fully saturated rings. The molecule has 0 aliphatic carbocycles. The first kappa shape index (κ1) is 17.6. The lowest BCUT2D eigenvalue weighted by atomic mass is 9.88. The maximum atomic E-state index is 12.6. The minimum Gasteiger partial charge on any atom is -0.330 e. The first-order chi connectivity index (χ1) is 8.31. The molecule has 0 radical (unpaired) electrons. The second-order valence-electron chi connectivity index (χ2n) is 4.96. The molecule has 2 nitrogen and oxygen atoms in total. The molecule has 0 bridgehead atoms. The van der Waals surface area contributed by atoms with E-state index in [2.05, 4.69) is 19.2 Å². The van der Waals surface area contributed by atoms with Crippen LogP contribution in [0.4, 0.5) is 17.6 Å². The molecule has 0 spiro atoms. The standard InChI is InChI=1S/C12H24F4N2/c1-9(2)10(5-6-17)4-3-7-18-8-12(15,16)11(13)14/h9-11,18H,3-8,17H2,1-2H3. The van der Waals surface area contributed by atoms with E-state index in [1.165, 1.54) is 0 Å². The topological polar surface area (TPSA) is 38.0 Å². The highest BCUT2D eigenvalue weighted by atomic mass is 19.3. The summed E-state index contributed by atoms with van der Waals surface area (Å²) in [7, 11) is 0. The predicted molar refractivity (Wildman–Crippen MR) is 65.1 cm³/mol. The molecule has 1 atom stereocenters. The van der Waals surface area contributed by atoms with Gasteiger partial charge in [-0.25, -0.2) is 8.78 Å². The lowest BCUT2D eigenvalue weighted by Gasteiger charge is -2.20. The van der Waals surface area contributed by atoms with Gasteiger partial charge in [0.2, 0.25) is 0 Å². The Morgan fingerprint density at radius 2 is 1.78 bits per heavy atom. The monoisotopic (exact) mass is 272 g/mol. The smallest absolute Gasteiger partial charge is 0.319 e. The van der Waals surface area contributed by atoms with Gasteiger partial charge in [-0.15, -0.1) is 0 Å². The van der Waals surface area contributed by atoms with Crippen molar-refractivity contribution >= 4 is 0 Å². The summed E-state index contributed by atoms with van der Waals surface area (Å²) < 4.78 is 48.8.